The predicted octanol–water partition coefficient (Wildman–Crippen LogP) is 3.07. The highest BCUT2D eigenvalue weighted by atomic mass is 35.5. The maximum atomic E-state index is 4.42. The molecule has 1 heterocycles. The van der Waals surface area contributed by atoms with E-state index in [0.29, 0.717) is 0 Å². The van der Waals surface area contributed by atoms with E-state index in [1.54, 1.807) is 0 Å². The standard InChI is InChI=1S/C16H21N3.ClH/c1-18(2)12-13-19(16-9-4-3-5-10-16)14-15-8-6-7-11-17-15;/h3-11H,12-14H2,1-2H3;1H. The van der Waals surface area contributed by atoms with Crippen LogP contribution in [0, 0.1) is 0 Å². The van der Waals surface area contributed by atoms with Crippen molar-refractivity contribution >= 4 is 18.1 Å². The van der Waals surface area contributed by atoms with E-state index in [2.05, 4.69) is 59.2 Å². The molecule has 0 N–H and O–H groups in total. The molecule has 0 aliphatic heterocycles. The molecule has 2 rings (SSSR count). The van der Waals surface area contributed by atoms with Crippen LogP contribution < -0.4 is 4.90 Å². The molecular weight excluding hydrogens is 270 g/mol. The highest BCUT2D eigenvalue weighted by molar-refractivity contribution is 5.85. The number of nitrogens with zero attached hydrogens (tertiary/aromatic N) is 3. The minimum absolute atomic E-state index is 0. The summed E-state index contributed by atoms with van der Waals surface area (Å²) in [6.07, 6.45) is 1.85. The third kappa shape index (κ3) is 5.19. The third-order valence-corrected chi connectivity index (χ3v) is 3.02. The van der Waals surface area contributed by atoms with E-state index in [9.17, 15) is 0 Å². The number of rotatable bonds is 6. The number of likely N-dealkylation sites (N-methyl/N-ethyl adjacent to an activating group) is 1. The van der Waals surface area contributed by atoms with E-state index >= 15 is 0 Å². The molecule has 0 unspecified atom stereocenters. The lowest BCUT2D eigenvalue weighted by Gasteiger charge is -2.26. The molecule has 1 aromatic carbocycles. The van der Waals surface area contributed by atoms with Crippen molar-refractivity contribution in [2.45, 2.75) is 6.54 Å². The molecular formula is C16H22ClN3. The molecule has 0 spiro atoms. The van der Waals surface area contributed by atoms with Crippen molar-refractivity contribution < 1.29 is 0 Å². The minimum Gasteiger partial charge on any atom is -0.364 e. The minimum atomic E-state index is 0. The average Bonchev–Trinajstić information content (AvgIpc) is 2.45. The number of benzene rings is 1. The van der Waals surface area contributed by atoms with Crippen LogP contribution in [0.1, 0.15) is 5.69 Å². The Balaban J connectivity index is 0.00000200. The molecule has 20 heavy (non-hydrogen) atoms. The van der Waals surface area contributed by atoms with Crippen molar-refractivity contribution in [2.24, 2.45) is 0 Å². The second-order valence-corrected chi connectivity index (χ2v) is 4.88. The maximum absolute atomic E-state index is 4.42. The second-order valence-electron chi connectivity index (χ2n) is 4.88. The van der Waals surface area contributed by atoms with Crippen LogP contribution in [0.2, 0.25) is 0 Å². The van der Waals surface area contributed by atoms with Gasteiger partial charge in [0, 0.05) is 25.0 Å². The number of pyridine rings is 1. The Morgan fingerprint density at radius 3 is 2.20 bits per heavy atom. The monoisotopic (exact) mass is 291 g/mol. The molecule has 108 valence electrons. The summed E-state index contributed by atoms with van der Waals surface area (Å²) in [5.74, 6) is 0. The average molecular weight is 292 g/mol. The van der Waals surface area contributed by atoms with E-state index in [1.165, 1.54) is 5.69 Å². The number of anilines is 1. The first-order valence-corrected chi connectivity index (χ1v) is 6.60. The van der Waals surface area contributed by atoms with Crippen LogP contribution in [0.15, 0.2) is 54.7 Å². The van der Waals surface area contributed by atoms with Gasteiger partial charge in [0.25, 0.3) is 0 Å². The van der Waals surface area contributed by atoms with Crippen LogP contribution in [0.5, 0.6) is 0 Å². The van der Waals surface area contributed by atoms with Crippen molar-refractivity contribution in [1.29, 1.82) is 0 Å². The van der Waals surface area contributed by atoms with Gasteiger partial charge in [-0.3, -0.25) is 4.98 Å². The van der Waals surface area contributed by atoms with Gasteiger partial charge >= 0.3 is 0 Å². The quantitative estimate of drug-likeness (QED) is 0.815. The number of halogens is 1. The van der Waals surface area contributed by atoms with E-state index in [-0.39, 0.29) is 12.4 Å². The summed E-state index contributed by atoms with van der Waals surface area (Å²) in [6.45, 7) is 2.87. The number of aromatic nitrogens is 1. The fraction of sp³-hybridized carbons (Fsp3) is 0.312. The molecule has 3 nitrogen and oxygen atoms in total. The van der Waals surface area contributed by atoms with E-state index in [0.717, 1.165) is 25.3 Å². The second kappa shape index (κ2) is 8.56. The largest absolute Gasteiger partial charge is 0.364 e. The van der Waals surface area contributed by atoms with Crippen LogP contribution >= 0.6 is 12.4 Å². The van der Waals surface area contributed by atoms with Crippen molar-refractivity contribution in [3.05, 3.63) is 60.4 Å². The summed E-state index contributed by atoms with van der Waals surface area (Å²) in [6, 6.07) is 16.6. The lowest BCUT2D eigenvalue weighted by molar-refractivity contribution is 0.412. The van der Waals surface area contributed by atoms with Crippen molar-refractivity contribution in [2.75, 3.05) is 32.1 Å². The van der Waals surface area contributed by atoms with Gasteiger partial charge in [0.05, 0.1) is 12.2 Å². The maximum Gasteiger partial charge on any atom is 0.0602 e. The summed E-state index contributed by atoms with van der Waals surface area (Å²) in [5, 5.41) is 0. The Bertz CT molecular complexity index is 474. The smallest absolute Gasteiger partial charge is 0.0602 e. The zero-order chi connectivity index (χ0) is 13.5. The highest BCUT2D eigenvalue weighted by Gasteiger charge is 2.07. The van der Waals surface area contributed by atoms with E-state index < -0.39 is 0 Å². The molecule has 0 bridgehead atoms. The van der Waals surface area contributed by atoms with Crippen LogP contribution in [0.25, 0.3) is 0 Å². The van der Waals surface area contributed by atoms with Gasteiger partial charge in [0.2, 0.25) is 0 Å². The van der Waals surface area contributed by atoms with Gasteiger partial charge in [-0.05, 0) is 38.4 Å². The Morgan fingerprint density at radius 1 is 0.900 bits per heavy atom. The molecule has 0 aliphatic carbocycles. The summed E-state index contributed by atoms with van der Waals surface area (Å²) < 4.78 is 0. The summed E-state index contributed by atoms with van der Waals surface area (Å²) in [5.41, 5.74) is 2.35. The van der Waals surface area contributed by atoms with Gasteiger partial charge in [-0.25, -0.2) is 0 Å². The van der Waals surface area contributed by atoms with Crippen molar-refractivity contribution in [3.63, 3.8) is 0 Å². The molecule has 4 heteroatoms. The molecule has 1 aromatic heterocycles. The molecule has 0 amide bonds. The van der Waals surface area contributed by atoms with Gasteiger partial charge in [-0.15, -0.1) is 12.4 Å². The molecule has 0 saturated carbocycles. The van der Waals surface area contributed by atoms with Gasteiger partial charge in [-0.1, -0.05) is 24.3 Å². The predicted molar refractivity (Wildman–Crippen MR) is 87.5 cm³/mol. The van der Waals surface area contributed by atoms with Crippen molar-refractivity contribution in [3.8, 4) is 0 Å². The SMILES string of the molecule is CN(C)CCN(Cc1ccccn1)c1ccccc1.Cl. The third-order valence-electron chi connectivity index (χ3n) is 3.02. The first kappa shape index (κ1) is 16.5. The van der Waals surface area contributed by atoms with E-state index in [4.69, 9.17) is 0 Å². The van der Waals surface area contributed by atoms with Crippen LogP contribution in [-0.4, -0.2) is 37.1 Å². The normalized spacial score (nSPS) is 10.2. The fourth-order valence-electron chi connectivity index (χ4n) is 1.95. The Morgan fingerprint density at radius 2 is 1.60 bits per heavy atom. The van der Waals surface area contributed by atoms with Gasteiger partial charge in [0.15, 0.2) is 0 Å². The van der Waals surface area contributed by atoms with Crippen LogP contribution in [-0.2, 0) is 6.54 Å². The molecule has 0 radical (unpaired) electrons. The van der Waals surface area contributed by atoms with Gasteiger partial charge in [-0.2, -0.15) is 0 Å². The summed E-state index contributed by atoms with van der Waals surface area (Å²) in [7, 11) is 4.20. The van der Waals surface area contributed by atoms with Gasteiger partial charge < -0.3 is 9.80 Å². The van der Waals surface area contributed by atoms with Gasteiger partial charge in [0.1, 0.15) is 0 Å². The molecule has 0 saturated heterocycles. The zero-order valence-electron chi connectivity index (χ0n) is 12.1. The number of para-hydroxylation sites is 1. The molecule has 0 fully saturated rings. The first-order valence-electron chi connectivity index (χ1n) is 6.60. The lowest BCUT2D eigenvalue weighted by atomic mass is 10.2. The van der Waals surface area contributed by atoms with E-state index in [1.807, 2.05) is 24.4 Å². The van der Waals surface area contributed by atoms with Crippen LogP contribution in [0.3, 0.4) is 0 Å². The Kier molecular flexibility index (Phi) is 7.05. The summed E-state index contributed by atoms with van der Waals surface area (Å²) >= 11 is 0. The topological polar surface area (TPSA) is 19.4 Å². The molecule has 2 aromatic rings. The fourth-order valence-corrected chi connectivity index (χ4v) is 1.95. The molecule has 0 aliphatic rings. The van der Waals surface area contributed by atoms with Crippen LogP contribution in [0.4, 0.5) is 5.69 Å². The number of hydrogen-bond acceptors (Lipinski definition) is 3. The molecule has 0 atom stereocenters. The van der Waals surface area contributed by atoms with Crippen molar-refractivity contribution in [1.82, 2.24) is 9.88 Å². The highest BCUT2D eigenvalue weighted by Crippen LogP contribution is 2.15. The Labute approximate surface area is 127 Å². The number of hydrogen-bond donors (Lipinski definition) is 0. The Hall–Kier alpha value is -1.58. The lowest BCUT2D eigenvalue weighted by Crippen LogP contribution is -2.31. The zero-order valence-corrected chi connectivity index (χ0v) is 12.9. The first-order chi connectivity index (χ1) is 9.25. The summed E-state index contributed by atoms with van der Waals surface area (Å²) in [4.78, 5) is 8.98.